The molecule has 0 aliphatic carbocycles. The number of aromatic nitrogens is 2. The molecular weight excluding hydrogens is 516 g/mol. The smallest absolute Gasteiger partial charge is 0.351 e. The number of para-hydroxylation sites is 2. The summed E-state index contributed by atoms with van der Waals surface area (Å²) in [5.41, 5.74) is 2.56. The molecule has 4 aromatic rings. The number of hydrogen-bond donors (Lipinski definition) is 0. The fraction of sp³-hybridized carbons (Fsp3) is 0.217. The van der Waals surface area contributed by atoms with Gasteiger partial charge in [-0.25, -0.2) is 9.78 Å². The van der Waals surface area contributed by atoms with Gasteiger partial charge in [0.25, 0.3) is 0 Å². The Bertz CT molecular complexity index is 1260. The van der Waals surface area contributed by atoms with Crippen molar-refractivity contribution in [2.45, 2.75) is 13.0 Å². The summed E-state index contributed by atoms with van der Waals surface area (Å²) in [6.07, 6.45) is 1.30. The molecule has 6 nitrogen and oxygen atoms in total. The summed E-state index contributed by atoms with van der Waals surface area (Å²) < 4.78 is 18.8. The molecule has 0 bridgehead atoms. The van der Waals surface area contributed by atoms with Crippen molar-refractivity contribution in [1.82, 2.24) is 9.55 Å². The highest BCUT2D eigenvalue weighted by atomic mass is 79.9. The van der Waals surface area contributed by atoms with E-state index in [1.54, 1.807) is 6.33 Å². The van der Waals surface area contributed by atoms with Gasteiger partial charge < -0.3 is 14.2 Å². The average molecular weight is 536 g/mol. The molecule has 9 heteroatoms. The number of rotatable bonds is 8. The fourth-order valence-electron chi connectivity index (χ4n) is 3.29. The van der Waals surface area contributed by atoms with Gasteiger partial charge in [-0.15, -0.1) is 11.3 Å². The van der Waals surface area contributed by atoms with E-state index in [0.29, 0.717) is 33.3 Å². The van der Waals surface area contributed by atoms with Gasteiger partial charge in [0.05, 0.1) is 29.8 Å². The SMILES string of the molecule is COC(=O)c1sc(-n2cnc3ccccc32)cc1O[C@H](C)c1cccc(OCCBr)c1Cl. The summed E-state index contributed by atoms with van der Waals surface area (Å²) in [7, 11) is 1.35. The van der Waals surface area contributed by atoms with Crippen LogP contribution in [0, 0.1) is 0 Å². The first-order chi connectivity index (χ1) is 15.5. The molecule has 0 unspecified atom stereocenters. The molecule has 0 saturated heterocycles. The number of methoxy groups -OCH3 is 1. The van der Waals surface area contributed by atoms with Crippen LogP contribution in [0.2, 0.25) is 5.02 Å². The topological polar surface area (TPSA) is 62.6 Å². The van der Waals surface area contributed by atoms with Crippen molar-refractivity contribution in [3.8, 4) is 16.5 Å². The molecule has 0 fully saturated rings. The number of thiophene rings is 1. The van der Waals surface area contributed by atoms with E-state index in [0.717, 1.165) is 21.6 Å². The maximum atomic E-state index is 12.5. The molecule has 0 N–H and O–H groups in total. The van der Waals surface area contributed by atoms with Crippen LogP contribution in [-0.2, 0) is 4.74 Å². The van der Waals surface area contributed by atoms with Gasteiger partial charge >= 0.3 is 5.97 Å². The van der Waals surface area contributed by atoms with Crippen LogP contribution in [-0.4, -0.2) is 34.6 Å². The molecule has 4 rings (SSSR count). The Labute approximate surface area is 202 Å². The van der Waals surface area contributed by atoms with Crippen molar-refractivity contribution in [1.29, 1.82) is 0 Å². The predicted molar refractivity (Wildman–Crippen MR) is 130 cm³/mol. The fourth-order valence-corrected chi connectivity index (χ4v) is 4.78. The molecule has 0 saturated carbocycles. The van der Waals surface area contributed by atoms with Crippen molar-refractivity contribution in [3.05, 3.63) is 70.3 Å². The standard InChI is InChI=1S/C23H20BrClN2O4S/c1-14(15-6-5-9-18(21(15)25)30-11-10-24)31-19-12-20(32-22(19)23(28)29-2)27-13-26-16-7-3-4-8-17(16)27/h3-9,12-14H,10-11H2,1-2H3/t14-/m1/s1. The lowest BCUT2D eigenvalue weighted by Crippen LogP contribution is -2.08. The van der Waals surface area contributed by atoms with Gasteiger partial charge in [-0.3, -0.25) is 4.57 Å². The summed E-state index contributed by atoms with van der Waals surface area (Å²) in [6.45, 7) is 2.37. The first-order valence-corrected chi connectivity index (χ1v) is 12.1. The molecule has 0 radical (unpaired) electrons. The maximum absolute atomic E-state index is 12.5. The number of fused-ring (bicyclic) bond motifs is 1. The van der Waals surface area contributed by atoms with Crippen LogP contribution in [0.25, 0.3) is 16.0 Å². The monoisotopic (exact) mass is 534 g/mol. The van der Waals surface area contributed by atoms with Crippen molar-refractivity contribution in [2.75, 3.05) is 19.0 Å². The highest BCUT2D eigenvalue weighted by Gasteiger charge is 2.23. The quantitative estimate of drug-likeness (QED) is 0.192. The lowest BCUT2D eigenvalue weighted by atomic mass is 10.1. The molecular formula is C23H20BrClN2O4S. The zero-order valence-corrected chi connectivity index (χ0v) is 20.5. The Kier molecular flexibility index (Phi) is 7.03. The number of alkyl halides is 1. The molecule has 0 amide bonds. The van der Waals surface area contributed by atoms with Crippen molar-refractivity contribution in [3.63, 3.8) is 0 Å². The Hall–Kier alpha value is -2.55. The number of esters is 1. The van der Waals surface area contributed by atoms with Crippen LogP contribution in [0.1, 0.15) is 28.3 Å². The highest BCUT2D eigenvalue weighted by molar-refractivity contribution is 9.09. The molecule has 0 aliphatic rings. The lowest BCUT2D eigenvalue weighted by molar-refractivity contribution is 0.0600. The normalized spacial score (nSPS) is 12.0. The number of halogens is 2. The summed E-state index contributed by atoms with van der Waals surface area (Å²) in [4.78, 5) is 17.3. The predicted octanol–water partition coefficient (Wildman–Crippen LogP) is 6.44. The van der Waals surface area contributed by atoms with Crippen molar-refractivity contribution in [2.24, 2.45) is 0 Å². The van der Waals surface area contributed by atoms with Crippen LogP contribution in [0.5, 0.6) is 11.5 Å². The molecule has 2 aromatic carbocycles. The van der Waals surface area contributed by atoms with E-state index in [1.165, 1.54) is 18.4 Å². The third kappa shape index (κ3) is 4.48. The number of nitrogens with zero attached hydrogens (tertiary/aromatic N) is 2. The molecule has 2 heterocycles. The summed E-state index contributed by atoms with van der Waals surface area (Å²) in [6, 6.07) is 15.2. The van der Waals surface area contributed by atoms with E-state index in [1.807, 2.05) is 60.0 Å². The van der Waals surface area contributed by atoms with Crippen molar-refractivity contribution >= 4 is 55.9 Å². The minimum absolute atomic E-state index is 0.370. The summed E-state index contributed by atoms with van der Waals surface area (Å²) in [5, 5.41) is 1.97. The highest BCUT2D eigenvalue weighted by Crippen LogP contribution is 2.39. The van der Waals surface area contributed by atoms with Crippen LogP contribution >= 0.6 is 38.9 Å². The first kappa shape index (κ1) is 22.6. The van der Waals surface area contributed by atoms with Crippen LogP contribution in [0.15, 0.2) is 54.9 Å². The van der Waals surface area contributed by atoms with Crippen LogP contribution < -0.4 is 9.47 Å². The summed E-state index contributed by atoms with van der Waals surface area (Å²) >= 11 is 11.2. The van der Waals surface area contributed by atoms with E-state index in [4.69, 9.17) is 25.8 Å². The van der Waals surface area contributed by atoms with Gasteiger partial charge in [-0.05, 0) is 25.1 Å². The molecule has 1 atom stereocenters. The molecule has 0 spiro atoms. The third-order valence-corrected chi connectivity index (χ3v) is 6.64. The maximum Gasteiger partial charge on any atom is 0.351 e. The zero-order chi connectivity index (χ0) is 22.7. The van der Waals surface area contributed by atoms with Crippen molar-refractivity contribution < 1.29 is 19.0 Å². The molecule has 0 aliphatic heterocycles. The average Bonchev–Trinajstić information content (AvgIpc) is 3.42. The van der Waals surface area contributed by atoms with E-state index >= 15 is 0 Å². The lowest BCUT2D eigenvalue weighted by Gasteiger charge is -2.18. The van der Waals surface area contributed by atoms with Crippen LogP contribution in [0.4, 0.5) is 0 Å². The number of imidazole rings is 1. The van der Waals surface area contributed by atoms with E-state index < -0.39 is 12.1 Å². The second-order valence-electron chi connectivity index (χ2n) is 6.83. The second kappa shape index (κ2) is 9.94. The second-order valence-corrected chi connectivity index (χ2v) is 9.03. The molecule has 32 heavy (non-hydrogen) atoms. The number of benzene rings is 2. The Morgan fingerprint density at radius 3 is 2.81 bits per heavy atom. The number of ether oxygens (including phenoxy) is 3. The summed E-state index contributed by atoms with van der Waals surface area (Å²) in [5.74, 6) is 0.543. The Balaban J connectivity index is 1.68. The van der Waals surface area contributed by atoms with Gasteiger partial charge in [-0.1, -0.05) is 51.8 Å². The Morgan fingerprint density at radius 1 is 1.22 bits per heavy atom. The largest absolute Gasteiger partial charge is 0.491 e. The van der Waals surface area contributed by atoms with Gasteiger partial charge in [0.15, 0.2) is 4.88 Å². The van der Waals surface area contributed by atoms with E-state index in [-0.39, 0.29) is 0 Å². The third-order valence-electron chi connectivity index (χ3n) is 4.82. The molecule has 2 aromatic heterocycles. The Morgan fingerprint density at radius 2 is 2.03 bits per heavy atom. The molecule has 166 valence electrons. The number of carbonyl (C=O) groups excluding carboxylic acids is 1. The zero-order valence-electron chi connectivity index (χ0n) is 17.4. The van der Waals surface area contributed by atoms with Gasteiger partial charge in [0.1, 0.15) is 28.9 Å². The minimum Gasteiger partial charge on any atom is -0.491 e. The van der Waals surface area contributed by atoms with Crippen LogP contribution in [0.3, 0.4) is 0 Å². The number of carbonyl (C=O) groups is 1. The van der Waals surface area contributed by atoms with Gasteiger partial charge in [0, 0.05) is 17.0 Å². The minimum atomic E-state index is -0.464. The van der Waals surface area contributed by atoms with E-state index in [9.17, 15) is 4.79 Å². The van der Waals surface area contributed by atoms with E-state index in [2.05, 4.69) is 20.9 Å². The first-order valence-electron chi connectivity index (χ1n) is 9.82. The van der Waals surface area contributed by atoms with Gasteiger partial charge in [-0.2, -0.15) is 0 Å². The number of hydrogen-bond acceptors (Lipinski definition) is 6. The van der Waals surface area contributed by atoms with Gasteiger partial charge in [0.2, 0.25) is 0 Å².